The summed E-state index contributed by atoms with van der Waals surface area (Å²) in [7, 11) is 0. The molecule has 6 heteroatoms. The molecule has 0 aromatic heterocycles. The van der Waals surface area contributed by atoms with Gasteiger partial charge >= 0.3 is 0 Å². The third kappa shape index (κ3) is 4.57. The predicted molar refractivity (Wildman–Crippen MR) is 106 cm³/mol. The van der Waals surface area contributed by atoms with Crippen LogP contribution in [0.15, 0.2) is 54.6 Å². The van der Waals surface area contributed by atoms with Gasteiger partial charge in [0.15, 0.2) is 0 Å². The number of carbonyl (C=O) groups excluding carboxylic acids is 2. The number of nitrogens with one attached hydrogen (secondary N) is 1. The molecule has 0 saturated carbocycles. The van der Waals surface area contributed by atoms with Gasteiger partial charge in [0.1, 0.15) is 5.82 Å². The SMILES string of the molecule is CC(C(=O)NC1CCN(C(=O)c2ccccc2F)CC1)C(N)c1ccccc1. The summed E-state index contributed by atoms with van der Waals surface area (Å²) in [5.74, 6) is -1.26. The van der Waals surface area contributed by atoms with E-state index < -0.39 is 5.82 Å². The molecule has 2 atom stereocenters. The van der Waals surface area contributed by atoms with Crippen molar-refractivity contribution in [1.82, 2.24) is 10.2 Å². The highest BCUT2D eigenvalue weighted by atomic mass is 19.1. The summed E-state index contributed by atoms with van der Waals surface area (Å²) in [5.41, 5.74) is 7.25. The van der Waals surface area contributed by atoms with Crippen LogP contribution >= 0.6 is 0 Å². The molecule has 1 aliphatic heterocycles. The summed E-state index contributed by atoms with van der Waals surface area (Å²) >= 11 is 0. The Morgan fingerprint density at radius 3 is 2.32 bits per heavy atom. The van der Waals surface area contributed by atoms with Gasteiger partial charge in [-0.2, -0.15) is 0 Å². The van der Waals surface area contributed by atoms with Gasteiger partial charge in [0.25, 0.3) is 5.91 Å². The fraction of sp³-hybridized carbons (Fsp3) is 0.364. The third-order valence-electron chi connectivity index (χ3n) is 5.37. The molecule has 2 aromatic rings. The Balaban J connectivity index is 1.52. The number of nitrogens with two attached hydrogens (primary N) is 1. The zero-order valence-electron chi connectivity index (χ0n) is 16.0. The van der Waals surface area contributed by atoms with Gasteiger partial charge in [0.05, 0.1) is 11.5 Å². The van der Waals surface area contributed by atoms with Crippen molar-refractivity contribution in [3.63, 3.8) is 0 Å². The van der Waals surface area contributed by atoms with E-state index in [1.807, 2.05) is 37.3 Å². The second-order valence-corrected chi connectivity index (χ2v) is 7.28. The van der Waals surface area contributed by atoms with Crippen molar-refractivity contribution in [2.24, 2.45) is 11.7 Å². The number of hydrogen-bond donors (Lipinski definition) is 2. The Bertz CT molecular complexity index is 820. The van der Waals surface area contributed by atoms with Crippen molar-refractivity contribution < 1.29 is 14.0 Å². The van der Waals surface area contributed by atoms with Crippen molar-refractivity contribution in [3.8, 4) is 0 Å². The second kappa shape index (κ2) is 8.97. The summed E-state index contributed by atoms with van der Waals surface area (Å²) in [6.07, 6.45) is 1.28. The van der Waals surface area contributed by atoms with E-state index in [1.165, 1.54) is 12.1 Å². The molecule has 1 fully saturated rings. The Kier molecular flexibility index (Phi) is 6.41. The maximum absolute atomic E-state index is 13.8. The Hall–Kier alpha value is -2.73. The van der Waals surface area contributed by atoms with Crippen LogP contribution in [-0.4, -0.2) is 35.8 Å². The highest BCUT2D eigenvalue weighted by molar-refractivity contribution is 5.94. The normalized spacial score (nSPS) is 17.0. The lowest BCUT2D eigenvalue weighted by Crippen LogP contribution is -2.48. The molecule has 5 nitrogen and oxygen atoms in total. The van der Waals surface area contributed by atoms with Gasteiger partial charge in [0, 0.05) is 25.2 Å². The van der Waals surface area contributed by atoms with Gasteiger partial charge in [-0.1, -0.05) is 49.4 Å². The van der Waals surface area contributed by atoms with E-state index in [1.54, 1.807) is 17.0 Å². The van der Waals surface area contributed by atoms with Gasteiger partial charge in [-0.25, -0.2) is 4.39 Å². The number of benzene rings is 2. The summed E-state index contributed by atoms with van der Waals surface area (Å²) in [5, 5.41) is 3.05. The van der Waals surface area contributed by atoms with E-state index >= 15 is 0 Å². The van der Waals surface area contributed by atoms with Crippen molar-refractivity contribution >= 4 is 11.8 Å². The summed E-state index contributed by atoms with van der Waals surface area (Å²) in [4.78, 5) is 26.7. The van der Waals surface area contributed by atoms with Crippen molar-refractivity contribution in [2.45, 2.75) is 31.8 Å². The maximum Gasteiger partial charge on any atom is 0.256 e. The topological polar surface area (TPSA) is 75.4 Å². The van der Waals surface area contributed by atoms with E-state index in [0.717, 1.165) is 5.56 Å². The first-order valence-corrected chi connectivity index (χ1v) is 9.62. The minimum Gasteiger partial charge on any atom is -0.353 e. The van der Waals surface area contributed by atoms with E-state index in [9.17, 15) is 14.0 Å². The fourth-order valence-electron chi connectivity index (χ4n) is 3.49. The molecule has 148 valence electrons. The third-order valence-corrected chi connectivity index (χ3v) is 5.37. The number of rotatable bonds is 5. The zero-order valence-corrected chi connectivity index (χ0v) is 16.0. The Morgan fingerprint density at radius 1 is 1.07 bits per heavy atom. The largest absolute Gasteiger partial charge is 0.353 e. The van der Waals surface area contributed by atoms with Crippen molar-refractivity contribution in [3.05, 3.63) is 71.5 Å². The molecular formula is C22H26FN3O2. The van der Waals surface area contributed by atoms with Gasteiger partial charge in [-0.3, -0.25) is 9.59 Å². The molecule has 2 amide bonds. The maximum atomic E-state index is 13.8. The zero-order chi connectivity index (χ0) is 20.1. The van der Waals surface area contributed by atoms with Gasteiger partial charge < -0.3 is 16.0 Å². The van der Waals surface area contributed by atoms with Crippen LogP contribution in [0.5, 0.6) is 0 Å². The number of amides is 2. The van der Waals surface area contributed by atoms with E-state index in [-0.39, 0.29) is 35.4 Å². The van der Waals surface area contributed by atoms with E-state index in [4.69, 9.17) is 5.73 Å². The average molecular weight is 383 g/mol. The van der Waals surface area contributed by atoms with Crippen molar-refractivity contribution in [1.29, 1.82) is 0 Å². The lowest BCUT2D eigenvalue weighted by Gasteiger charge is -2.33. The van der Waals surface area contributed by atoms with Crippen LogP contribution in [0.25, 0.3) is 0 Å². The first-order chi connectivity index (χ1) is 13.5. The molecule has 1 heterocycles. The highest BCUT2D eigenvalue weighted by Crippen LogP contribution is 2.21. The van der Waals surface area contributed by atoms with Crippen LogP contribution in [0.1, 0.15) is 41.7 Å². The minimum absolute atomic E-state index is 0.0115. The molecular weight excluding hydrogens is 357 g/mol. The lowest BCUT2D eigenvalue weighted by molar-refractivity contribution is -0.126. The summed E-state index contributed by atoms with van der Waals surface area (Å²) in [6.45, 7) is 2.79. The molecule has 28 heavy (non-hydrogen) atoms. The monoisotopic (exact) mass is 383 g/mol. The molecule has 0 aliphatic carbocycles. The lowest BCUT2D eigenvalue weighted by atomic mass is 9.94. The van der Waals surface area contributed by atoms with E-state index in [0.29, 0.717) is 25.9 Å². The van der Waals surface area contributed by atoms with Crippen LogP contribution in [0.2, 0.25) is 0 Å². The first-order valence-electron chi connectivity index (χ1n) is 9.62. The number of piperidine rings is 1. The van der Waals surface area contributed by atoms with Gasteiger partial charge in [-0.05, 0) is 30.5 Å². The molecule has 0 radical (unpaired) electrons. The molecule has 3 rings (SSSR count). The molecule has 1 aliphatic rings. The average Bonchev–Trinajstić information content (AvgIpc) is 2.73. The Labute approximate surface area is 164 Å². The molecule has 1 saturated heterocycles. The molecule has 3 N–H and O–H groups in total. The molecule has 0 bridgehead atoms. The molecule has 2 unspecified atom stereocenters. The number of carbonyl (C=O) groups is 2. The van der Waals surface area contributed by atoms with Crippen LogP contribution < -0.4 is 11.1 Å². The van der Waals surface area contributed by atoms with Gasteiger partial charge in [-0.15, -0.1) is 0 Å². The van der Waals surface area contributed by atoms with Gasteiger partial charge in [0.2, 0.25) is 5.91 Å². The van der Waals surface area contributed by atoms with Crippen LogP contribution in [-0.2, 0) is 4.79 Å². The molecule has 2 aromatic carbocycles. The first kappa shape index (κ1) is 20.0. The smallest absolute Gasteiger partial charge is 0.256 e. The standard InChI is InChI=1S/C22H26FN3O2/c1-15(20(24)16-7-3-2-4-8-16)21(27)25-17-11-13-26(14-12-17)22(28)18-9-5-6-10-19(18)23/h2-10,15,17,20H,11-14,24H2,1H3,(H,25,27). The van der Waals surface area contributed by atoms with Crippen LogP contribution in [0.3, 0.4) is 0 Å². The number of nitrogens with zero attached hydrogens (tertiary/aromatic N) is 1. The Morgan fingerprint density at radius 2 is 1.68 bits per heavy atom. The number of likely N-dealkylation sites (tertiary alicyclic amines) is 1. The van der Waals surface area contributed by atoms with Crippen LogP contribution in [0.4, 0.5) is 4.39 Å². The summed E-state index contributed by atoms with van der Waals surface area (Å²) < 4.78 is 13.8. The van der Waals surface area contributed by atoms with Crippen molar-refractivity contribution in [2.75, 3.05) is 13.1 Å². The predicted octanol–water partition coefficient (Wildman–Crippen LogP) is 2.88. The minimum atomic E-state index is -0.508. The fourth-order valence-corrected chi connectivity index (χ4v) is 3.49. The molecule has 0 spiro atoms. The quantitative estimate of drug-likeness (QED) is 0.834. The number of halogens is 1. The van der Waals surface area contributed by atoms with Crippen LogP contribution in [0, 0.1) is 11.7 Å². The second-order valence-electron chi connectivity index (χ2n) is 7.28. The highest BCUT2D eigenvalue weighted by Gasteiger charge is 2.28. The number of hydrogen-bond acceptors (Lipinski definition) is 3. The van der Waals surface area contributed by atoms with E-state index in [2.05, 4.69) is 5.32 Å². The summed E-state index contributed by atoms with van der Waals surface area (Å²) in [6, 6.07) is 15.2.